The van der Waals surface area contributed by atoms with Crippen molar-refractivity contribution in [2.24, 2.45) is 0 Å². The van der Waals surface area contributed by atoms with E-state index in [1.54, 1.807) is 0 Å². The second-order valence-corrected chi connectivity index (χ2v) is 10.7. The smallest absolute Gasteiger partial charge is 0.120 e. The summed E-state index contributed by atoms with van der Waals surface area (Å²) < 4.78 is 2.47. The van der Waals surface area contributed by atoms with Gasteiger partial charge in [-0.1, -0.05) is 59.7 Å². The second-order valence-electron chi connectivity index (χ2n) is 5.81. The molecule has 0 aromatic heterocycles. The van der Waals surface area contributed by atoms with Gasteiger partial charge < -0.3 is 4.57 Å². The van der Waals surface area contributed by atoms with Gasteiger partial charge in [-0.25, -0.2) is 0 Å². The van der Waals surface area contributed by atoms with Crippen molar-refractivity contribution in [3.8, 4) is 6.07 Å². The van der Waals surface area contributed by atoms with Crippen LogP contribution in [0.4, 0.5) is 0 Å². The maximum absolute atomic E-state index is 9.34. The van der Waals surface area contributed by atoms with Gasteiger partial charge in [-0.3, -0.25) is 0 Å². The van der Waals surface area contributed by atoms with Crippen molar-refractivity contribution in [2.45, 2.75) is 78.2 Å². The summed E-state index contributed by atoms with van der Waals surface area (Å²) in [4.78, 5) is 0. The van der Waals surface area contributed by atoms with E-state index in [4.69, 9.17) is 0 Å². The molecule has 0 bridgehead atoms. The zero-order valence-electron chi connectivity index (χ0n) is 11.9. The molecule has 0 amide bonds. The van der Waals surface area contributed by atoms with Crippen LogP contribution < -0.4 is 0 Å². The van der Waals surface area contributed by atoms with Crippen molar-refractivity contribution in [1.29, 1.82) is 5.26 Å². The first-order valence-electron chi connectivity index (χ1n) is 6.52. The van der Waals surface area contributed by atoms with E-state index in [0.717, 1.165) is 6.42 Å². The van der Waals surface area contributed by atoms with Crippen LogP contribution in [0.3, 0.4) is 0 Å². The molecule has 2 nitrogen and oxygen atoms in total. The largest absolute Gasteiger partial charge is 0.307 e. The number of hydrogen-bond acceptors (Lipinski definition) is 2. The van der Waals surface area contributed by atoms with Gasteiger partial charge in [-0.05, 0) is 12.5 Å². The molecule has 0 N–H and O–H groups in total. The van der Waals surface area contributed by atoms with Crippen LogP contribution >= 0.6 is 0 Å². The van der Waals surface area contributed by atoms with Crippen LogP contribution in [0.5, 0.6) is 0 Å². The van der Waals surface area contributed by atoms with Crippen LogP contribution in [0, 0.1) is 11.3 Å². The number of rotatable bonds is 7. The molecular weight excluding hydrogens is 212 g/mol. The third kappa shape index (κ3) is 5.13. The Bertz CT molecular complexity index is 225. The van der Waals surface area contributed by atoms with Crippen molar-refractivity contribution >= 4 is 8.24 Å². The quantitative estimate of drug-likeness (QED) is 0.497. The van der Waals surface area contributed by atoms with Crippen LogP contribution in [0.2, 0.25) is 19.6 Å². The Hall–Kier alpha value is -0.333. The Morgan fingerprint density at radius 3 is 2.06 bits per heavy atom. The summed E-state index contributed by atoms with van der Waals surface area (Å²) >= 11 is 0. The summed E-state index contributed by atoms with van der Waals surface area (Å²) in [5, 5.41) is 9.34. The van der Waals surface area contributed by atoms with E-state index in [1.165, 1.54) is 19.3 Å². The highest BCUT2D eigenvalue weighted by molar-refractivity contribution is 6.73. The van der Waals surface area contributed by atoms with Crippen molar-refractivity contribution in [1.82, 2.24) is 4.57 Å². The minimum Gasteiger partial charge on any atom is -0.307 e. The lowest BCUT2D eigenvalue weighted by Crippen LogP contribution is -2.54. The third-order valence-corrected chi connectivity index (χ3v) is 5.27. The monoisotopic (exact) mass is 240 g/mol. The lowest BCUT2D eigenvalue weighted by Gasteiger charge is -2.40. The predicted octanol–water partition coefficient (Wildman–Crippen LogP) is 4.00. The Kier molecular flexibility index (Phi) is 6.94. The fraction of sp³-hybridized carbons (Fsp3) is 0.923. The molecule has 0 heterocycles. The molecule has 3 heteroatoms. The topological polar surface area (TPSA) is 27.0 Å². The minimum atomic E-state index is -1.38. The zero-order valence-corrected chi connectivity index (χ0v) is 12.9. The molecule has 1 atom stereocenters. The molecule has 1 unspecified atom stereocenters. The standard InChI is InChI=1S/C13H28N2Si/c1-7-8-9-10-13(11-14)15(12(2)3)16(4,5)6/h12-13H,7-10H2,1-6H3. The maximum atomic E-state index is 9.34. The normalized spacial score (nSPS) is 14.2. The van der Waals surface area contributed by atoms with E-state index in [2.05, 4.69) is 51.0 Å². The second kappa shape index (κ2) is 7.08. The van der Waals surface area contributed by atoms with Crippen molar-refractivity contribution in [2.75, 3.05) is 0 Å². The molecule has 0 saturated carbocycles. The predicted molar refractivity (Wildman–Crippen MR) is 73.9 cm³/mol. The number of unbranched alkanes of at least 4 members (excludes halogenated alkanes) is 2. The van der Waals surface area contributed by atoms with E-state index in [0.29, 0.717) is 6.04 Å². The Labute approximate surface area is 103 Å². The first-order valence-corrected chi connectivity index (χ1v) is 9.97. The molecule has 0 fully saturated rings. The molecule has 0 radical (unpaired) electrons. The van der Waals surface area contributed by atoms with Gasteiger partial charge in [0.2, 0.25) is 0 Å². The molecule has 0 aromatic rings. The highest BCUT2D eigenvalue weighted by Gasteiger charge is 2.32. The van der Waals surface area contributed by atoms with Crippen molar-refractivity contribution in [3.05, 3.63) is 0 Å². The summed E-state index contributed by atoms with van der Waals surface area (Å²) in [5.41, 5.74) is 0. The van der Waals surface area contributed by atoms with Gasteiger partial charge in [0.25, 0.3) is 0 Å². The SMILES string of the molecule is CCCCCC(C#N)N(C(C)C)[Si](C)(C)C. The Morgan fingerprint density at radius 1 is 1.19 bits per heavy atom. The number of hydrogen-bond donors (Lipinski definition) is 0. The van der Waals surface area contributed by atoms with Crippen LogP contribution in [-0.4, -0.2) is 24.9 Å². The summed E-state index contributed by atoms with van der Waals surface area (Å²) in [7, 11) is -1.38. The van der Waals surface area contributed by atoms with Crippen molar-refractivity contribution in [3.63, 3.8) is 0 Å². The van der Waals surface area contributed by atoms with Crippen molar-refractivity contribution < 1.29 is 0 Å². The van der Waals surface area contributed by atoms with E-state index in [9.17, 15) is 5.26 Å². The fourth-order valence-electron chi connectivity index (χ4n) is 2.46. The van der Waals surface area contributed by atoms with E-state index in [-0.39, 0.29) is 6.04 Å². The molecule has 0 spiro atoms. The van der Waals surface area contributed by atoms with Gasteiger partial charge in [0.15, 0.2) is 0 Å². The first-order chi connectivity index (χ1) is 7.34. The van der Waals surface area contributed by atoms with Crippen LogP contribution in [-0.2, 0) is 0 Å². The van der Waals surface area contributed by atoms with E-state index >= 15 is 0 Å². The van der Waals surface area contributed by atoms with Crippen LogP contribution in [0.25, 0.3) is 0 Å². The molecule has 94 valence electrons. The molecule has 0 rings (SSSR count). The first kappa shape index (κ1) is 15.7. The molecule has 0 aliphatic carbocycles. The average molecular weight is 240 g/mol. The summed E-state index contributed by atoms with van der Waals surface area (Å²) in [5.74, 6) is 0. The summed E-state index contributed by atoms with van der Waals surface area (Å²) in [6.07, 6.45) is 4.69. The Morgan fingerprint density at radius 2 is 1.75 bits per heavy atom. The van der Waals surface area contributed by atoms with Gasteiger partial charge in [0.05, 0.1) is 12.1 Å². The third-order valence-electron chi connectivity index (χ3n) is 2.90. The summed E-state index contributed by atoms with van der Waals surface area (Å²) in [6, 6.07) is 3.12. The van der Waals surface area contributed by atoms with E-state index in [1.807, 2.05) is 0 Å². The van der Waals surface area contributed by atoms with Gasteiger partial charge >= 0.3 is 0 Å². The lowest BCUT2D eigenvalue weighted by molar-refractivity contribution is 0.292. The van der Waals surface area contributed by atoms with Crippen LogP contribution in [0.15, 0.2) is 0 Å². The molecular formula is C13H28N2Si. The Balaban J connectivity index is 4.56. The molecule has 0 aliphatic heterocycles. The fourth-order valence-corrected chi connectivity index (χ4v) is 5.13. The highest BCUT2D eigenvalue weighted by atomic mass is 28.3. The number of nitriles is 1. The summed E-state index contributed by atoms with van der Waals surface area (Å²) in [6.45, 7) is 13.6. The number of nitrogens with zero attached hydrogens (tertiary/aromatic N) is 2. The van der Waals surface area contributed by atoms with Gasteiger partial charge in [-0.2, -0.15) is 5.26 Å². The minimum absolute atomic E-state index is 0.123. The molecule has 16 heavy (non-hydrogen) atoms. The van der Waals surface area contributed by atoms with Gasteiger partial charge in [-0.15, -0.1) is 0 Å². The molecule has 0 aliphatic rings. The lowest BCUT2D eigenvalue weighted by atomic mass is 10.1. The molecule has 0 saturated heterocycles. The van der Waals surface area contributed by atoms with Crippen LogP contribution in [0.1, 0.15) is 46.5 Å². The zero-order chi connectivity index (χ0) is 12.8. The molecule has 0 aromatic carbocycles. The average Bonchev–Trinajstić information content (AvgIpc) is 2.13. The maximum Gasteiger partial charge on any atom is 0.120 e. The van der Waals surface area contributed by atoms with Gasteiger partial charge in [0.1, 0.15) is 8.24 Å². The van der Waals surface area contributed by atoms with E-state index < -0.39 is 8.24 Å². The van der Waals surface area contributed by atoms with Gasteiger partial charge in [0, 0.05) is 0 Å². The highest BCUT2D eigenvalue weighted by Crippen LogP contribution is 2.21.